The molecule has 160 valence electrons. The zero-order valence-electron chi connectivity index (χ0n) is 16.0. The topological polar surface area (TPSA) is 123 Å². The lowest BCUT2D eigenvalue weighted by Gasteiger charge is -2.25. The Morgan fingerprint density at radius 1 is 1.27 bits per heavy atom. The van der Waals surface area contributed by atoms with Crippen molar-refractivity contribution < 1.29 is 13.2 Å². The molecule has 0 spiro atoms. The van der Waals surface area contributed by atoms with Gasteiger partial charge in [-0.2, -0.15) is 4.98 Å². The van der Waals surface area contributed by atoms with E-state index in [-0.39, 0.29) is 41.0 Å². The maximum absolute atomic E-state index is 11.1. The minimum absolute atomic E-state index is 0.00276. The van der Waals surface area contributed by atoms with Crippen LogP contribution in [0.3, 0.4) is 0 Å². The van der Waals surface area contributed by atoms with Crippen LogP contribution in [0, 0.1) is 0 Å². The van der Waals surface area contributed by atoms with Crippen molar-refractivity contribution in [3.63, 3.8) is 0 Å². The molecule has 2 heterocycles. The van der Waals surface area contributed by atoms with Gasteiger partial charge in [0.05, 0.1) is 12.4 Å². The smallest absolute Gasteiger partial charge is 0.226 e. The Labute approximate surface area is 184 Å². The monoisotopic (exact) mass is 469 g/mol. The third-order valence-electron chi connectivity index (χ3n) is 5.05. The van der Waals surface area contributed by atoms with E-state index in [1.807, 2.05) is 12.1 Å². The van der Waals surface area contributed by atoms with E-state index in [4.69, 9.17) is 33.1 Å². The number of hydrogen-bond donors (Lipinski definition) is 3. The zero-order valence-corrected chi connectivity index (χ0v) is 18.3. The van der Waals surface area contributed by atoms with Crippen molar-refractivity contribution in [1.29, 1.82) is 0 Å². The number of nitrogens with zero attached hydrogens (tertiary/aromatic N) is 2. The second kappa shape index (κ2) is 8.58. The number of fused-ring (bicyclic) bond motifs is 3. The van der Waals surface area contributed by atoms with Crippen molar-refractivity contribution in [1.82, 2.24) is 15.0 Å². The van der Waals surface area contributed by atoms with Gasteiger partial charge in [-0.25, -0.2) is 18.5 Å². The molecule has 0 radical (unpaired) electrons. The minimum atomic E-state index is -3.55. The first-order chi connectivity index (χ1) is 14.3. The number of benzene rings is 1. The largest absolute Gasteiger partial charge is 0.487 e. The number of nitrogens with one attached hydrogen (secondary N) is 2. The Balaban J connectivity index is 1.51. The number of para-hydroxylation sites is 1. The number of ether oxygens (including phenoxy) is 1. The fourth-order valence-electron chi connectivity index (χ4n) is 3.74. The van der Waals surface area contributed by atoms with Crippen LogP contribution in [-0.4, -0.2) is 41.8 Å². The summed E-state index contributed by atoms with van der Waals surface area (Å²) in [7, 11) is -3.55. The molecule has 0 fully saturated rings. The molecule has 1 aliphatic carbocycles. The van der Waals surface area contributed by atoms with Crippen molar-refractivity contribution in [3.8, 4) is 5.75 Å². The van der Waals surface area contributed by atoms with E-state index in [0.717, 1.165) is 24.8 Å². The molecule has 3 aromatic rings. The number of hydrogen-bond acceptors (Lipinski definition) is 6. The number of aromatic nitrogens is 3. The Kier molecular flexibility index (Phi) is 6.06. The summed E-state index contributed by atoms with van der Waals surface area (Å²) in [6.45, 7) is 0.104. The molecule has 0 aliphatic heterocycles. The molecule has 0 amide bonds. The molecule has 1 atom stereocenters. The highest BCUT2D eigenvalue weighted by molar-refractivity contribution is 7.89. The van der Waals surface area contributed by atoms with Crippen LogP contribution in [0.1, 0.15) is 24.1 Å². The van der Waals surface area contributed by atoms with Gasteiger partial charge in [-0.1, -0.05) is 29.8 Å². The molecule has 0 bridgehead atoms. The summed E-state index contributed by atoms with van der Waals surface area (Å²) in [6.07, 6.45) is 2.82. The summed E-state index contributed by atoms with van der Waals surface area (Å²) < 4.78 is 27.9. The van der Waals surface area contributed by atoms with E-state index in [9.17, 15) is 8.42 Å². The van der Waals surface area contributed by atoms with Gasteiger partial charge < -0.3 is 15.0 Å². The Morgan fingerprint density at radius 3 is 2.87 bits per heavy atom. The van der Waals surface area contributed by atoms with Gasteiger partial charge in [-0.05, 0) is 48.9 Å². The van der Waals surface area contributed by atoms with Gasteiger partial charge in [0.2, 0.25) is 15.3 Å². The number of anilines is 1. The van der Waals surface area contributed by atoms with Crippen molar-refractivity contribution in [3.05, 3.63) is 46.0 Å². The van der Waals surface area contributed by atoms with Crippen LogP contribution >= 0.6 is 23.2 Å². The van der Waals surface area contributed by atoms with Crippen LogP contribution in [-0.2, 0) is 22.9 Å². The molecule has 4 rings (SSSR count). The first kappa shape index (κ1) is 21.2. The van der Waals surface area contributed by atoms with E-state index in [2.05, 4.69) is 32.4 Å². The van der Waals surface area contributed by atoms with Gasteiger partial charge in [0, 0.05) is 22.6 Å². The number of halogens is 2. The molecule has 4 N–H and O–H groups in total. The number of H-pyrrole nitrogens is 1. The summed E-state index contributed by atoms with van der Waals surface area (Å²) in [5, 5.41) is 9.69. The average molecular weight is 470 g/mol. The molecular weight excluding hydrogens is 449 g/mol. The van der Waals surface area contributed by atoms with Crippen molar-refractivity contribution >= 4 is 49.9 Å². The maximum Gasteiger partial charge on any atom is 0.226 e. The Bertz CT molecular complexity index is 1180. The predicted octanol–water partition coefficient (Wildman–Crippen LogP) is 3.29. The van der Waals surface area contributed by atoms with Gasteiger partial charge in [0.15, 0.2) is 16.7 Å². The molecule has 1 aromatic carbocycles. The van der Waals surface area contributed by atoms with Gasteiger partial charge in [0.1, 0.15) is 0 Å². The van der Waals surface area contributed by atoms with E-state index in [0.29, 0.717) is 5.82 Å². The van der Waals surface area contributed by atoms with Crippen molar-refractivity contribution in [2.24, 2.45) is 5.14 Å². The molecule has 0 unspecified atom stereocenters. The second-order valence-corrected chi connectivity index (χ2v) is 9.67. The van der Waals surface area contributed by atoms with Crippen LogP contribution in [0.4, 0.5) is 5.82 Å². The number of aryl methyl sites for hydroxylation is 1. The van der Waals surface area contributed by atoms with Gasteiger partial charge >= 0.3 is 0 Å². The third kappa shape index (κ3) is 4.80. The highest BCUT2D eigenvalue weighted by Gasteiger charge is 2.25. The fourth-order valence-corrected chi connectivity index (χ4v) is 4.70. The van der Waals surface area contributed by atoms with Crippen LogP contribution in [0.15, 0.2) is 24.3 Å². The molecule has 8 nitrogen and oxygen atoms in total. The van der Waals surface area contributed by atoms with Crippen molar-refractivity contribution in [2.75, 3.05) is 17.7 Å². The minimum Gasteiger partial charge on any atom is -0.487 e. The molecule has 0 saturated heterocycles. The molecule has 11 heteroatoms. The Morgan fingerprint density at radius 2 is 2.07 bits per heavy atom. The number of nitrogens with two attached hydrogens (primary N) is 1. The van der Waals surface area contributed by atoms with Gasteiger partial charge in [-0.3, -0.25) is 0 Å². The SMILES string of the molecule is NS(=O)(=O)CCCOc1c(Cl)nc(Cl)nc1N[C@@H]1CCc2[nH]c3ccccc3c2C1. The van der Waals surface area contributed by atoms with Crippen LogP contribution in [0.25, 0.3) is 10.9 Å². The number of aromatic amines is 1. The summed E-state index contributed by atoms with van der Waals surface area (Å²) in [4.78, 5) is 11.7. The summed E-state index contributed by atoms with van der Waals surface area (Å²) in [5.41, 5.74) is 3.68. The lowest BCUT2D eigenvalue weighted by atomic mass is 9.91. The highest BCUT2D eigenvalue weighted by atomic mass is 35.5. The normalized spacial score (nSPS) is 16.4. The lowest BCUT2D eigenvalue weighted by Crippen LogP contribution is -2.28. The van der Waals surface area contributed by atoms with Crippen LogP contribution in [0.2, 0.25) is 10.4 Å². The maximum atomic E-state index is 11.1. The van der Waals surface area contributed by atoms with E-state index < -0.39 is 10.0 Å². The van der Waals surface area contributed by atoms with Crippen LogP contribution in [0.5, 0.6) is 5.75 Å². The molecule has 1 aliphatic rings. The van der Waals surface area contributed by atoms with Gasteiger partial charge in [0.25, 0.3) is 0 Å². The molecule has 2 aromatic heterocycles. The molecule has 0 saturated carbocycles. The predicted molar refractivity (Wildman–Crippen MR) is 118 cm³/mol. The average Bonchev–Trinajstić information content (AvgIpc) is 3.04. The first-order valence-electron chi connectivity index (χ1n) is 9.51. The van der Waals surface area contributed by atoms with E-state index >= 15 is 0 Å². The van der Waals surface area contributed by atoms with Gasteiger partial charge in [-0.15, -0.1) is 0 Å². The summed E-state index contributed by atoms with van der Waals surface area (Å²) in [6, 6.07) is 8.35. The highest BCUT2D eigenvalue weighted by Crippen LogP contribution is 2.35. The van der Waals surface area contributed by atoms with E-state index in [1.54, 1.807) is 0 Å². The standard InChI is InChI=1S/C19H21Cl2N5O3S/c20-17-16(29-8-3-9-30(22,27)28)18(26-19(21)25-17)23-11-6-7-15-13(10-11)12-4-1-2-5-14(12)24-15/h1-2,4-5,11,24H,3,6-10H2,(H2,22,27,28)(H,23,25,26)/t11-/m1/s1. The van der Waals surface area contributed by atoms with Crippen molar-refractivity contribution in [2.45, 2.75) is 31.7 Å². The third-order valence-corrected chi connectivity index (χ3v) is 6.34. The number of sulfonamides is 1. The molecule has 30 heavy (non-hydrogen) atoms. The van der Waals surface area contributed by atoms with Crippen LogP contribution < -0.4 is 15.2 Å². The summed E-state index contributed by atoms with van der Waals surface area (Å²) in [5.74, 6) is 0.456. The number of rotatable bonds is 7. The second-order valence-electron chi connectivity index (χ2n) is 7.24. The Hall–Kier alpha value is -2.07. The quantitative estimate of drug-likeness (QED) is 0.277. The summed E-state index contributed by atoms with van der Waals surface area (Å²) >= 11 is 12.2. The first-order valence-corrected chi connectivity index (χ1v) is 12.0. The fraction of sp³-hybridized carbons (Fsp3) is 0.368. The zero-order chi connectivity index (χ0) is 21.3. The van der Waals surface area contributed by atoms with E-state index in [1.165, 1.54) is 16.6 Å². The number of primary sulfonamides is 1. The molecular formula is C19H21Cl2N5O3S. The lowest BCUT2D eigenvalue weighted by molar-refractivity contribution is 0.316.